The van der Waals surface area contributed by atoms with Gasteiger partial charge in [0.15, 0.2) is 0 Å². The lowest BCUT2D eigenvalue weighted by Gasteiger charge is -1.96. The van der Waals surface area contributed by atoms with Crippen molar-refractivity contribution in [3.63, 3.8) is 0 Å². The molecular formula is C10H8N4S. The van der Waals surface area contributed by atoms with Gasteiger partial charge >= 0.3 is 0 Å². The fourth-order valence-corrected chi connectivity index (χ4v) is 2.67. The second-order valence-electron chi connectivity index (χ2n) is 3.24. The molecule has 4 nitrogen and oxygen atoms in total. The zero-order chi connectivity index (χ0) is 10.4. The van der Waals surface area contributed by atoms with Crippen molar-refractivity contribution in [2.75, 3.05) is 11.5 Å². The Kier molecular flexibility index (Phi) is 1.58. The lowest BCUT2D eigenvalue weighted by atomic mass is 10.2. The number of aromatic nitrogens is 2. The Morgan fingerprint density at radius 1 is 1.07 bits per heavy atom. The van der Waals surface area contributed by atoms with Crippen LogP contribution in [0.5, 0.6) is 0 Å². The average Bonchev–Trinajstić information content (AvgIpc) is 2.57. The molecule has 0 saturated carbocycles. The zero-order valence-electron chi connectivity index (χ0n) is 7.77. The predicted molar refractivity (Wildman–Crippen MR) is 63.7 cm³/mol. The molecule has 3 rings (SSSR count). The normalized spacial score (nSPS) is 11.2. The molecule has 0 amide bonds. The Bertz CT molecular complexity index is 659. The van der Waals surface area contributed by atoms with Gasteiger partial charge in [0, 0.05) is 10.1 Å². The molecule has 2 heterocycles. The third-order valence-electron chi connectivity index (χ3n) is 2.26. The van der Waals surface area contributed by atoms with Crippen molar-refractivity contribution in [3.05, 3.63) is 24.3 Å². The molecule has 0 atom stereocenters. The van der Waals surface area contributed by atoms with E-state index in [1.54, 1.807) is 11.3 Å². The number of benzene rings is 1. The van der Waals surface area contributed by atoms with Gasteiger partial charge in [-0.1, -0.05) is 18.2 Å². The summed E-state index contributed by atoms with van der Waals surface area (Å²) >= 11 is 1.59. The van der Waals surface area contributed by atoms with Crippen molar-refractivity contribution < 1.29 is 0 Å². The van der Waals surface area contributed by atoms with Crippen LogP contribution in [0.4, 0.5) is 11.8 Å². The van der Waals surface area contributed by atoms with Gasteiger partial charge in [0.05, 0.1) is 10.2 Å². The van der Waals surface area contributed by atoms with Gasteiger partial charge in [-0.25, -0.2) is 4.98 Å². The number of nitrogens with two attached hydrogens (primary N) is 2. The zero-order valence-corrected chi connectivity index (χ0v) is 8.58. The van der Waals surface area contributed by atoms with Crippen molar-refractivity contribution in [2.45, 2.75) is 0 Å². The van der Waals surface area contributed by atoms with Gasteiger partial charge in [-0.15, -0.1) is 11.3 Å². The van der Waals surface area contributed by atoms with Crippen molar-refractivity contribution in [2.24, 2.45) is 0 Å². The van der Waals surface area contributed by atoms with E-state index in [0.29, 0.717) is 5.82 Å². The molecule has 0 fully saturated rings. The van der Waals surface area contributed by atoms with Gasteiger partial charge in [-0.3, -0.25) is 0 Å². The minimum absolute atomic E-state index is 0.226. The Hall–Kier alpha value is -1.88. The number of rotatable bonds is 0. The van der Waals surface area contributed by atoms with Crippen molar-refractivity contribution in [3.8, 4) is 0 Å². The molecule has 3 aromatic rings. The summed E-state index contributed by atoms with van der Waals surface area (Å²) in [5.41, 5.74) is 12.2. The maximum atomic E-state index is 5.80. The molecular weight excluding hydrogens is 208 g/mol. The maximum absolute atomic E-state index is 5.80. The number of thiophene rings is 1. The van der Waals surface area contributed by atoms with Crippen LogP contribution in [0.2, 0.25) is 0 Å². The summed E-state index contributed by atoms with van der Waals surface area (Å²) in [6.07, 6.45) is 0. The van der Waals surface area contributed by atoms with Gasteiger partial charge < -0.3 is 11.5 Å². The van der Waals surface area contributed by atoms with Gasteiger partial charge in [-0.2, -0.15) is 4.98 Å². The monoisotopic (exact) mass is 216 g/mol. The summed E-state index contributed by atoms with van der Waals surface area (Å²) in [5, 5.41) is 1.08. The minimum atomic E-state index is 0.226. The van der Waals surface area contributed by atoms with Crippen LogP contribution in [-0.4, -0.2) is 9.97 Å². The van der Waals surface area contributed by atoms with Gasteiger partial charge in [-0.05, 0) is 6.07 Å². The molecule has 0 radical (unpaired) electrons. The molecule has 0 aliphatic carbocycles. The van der Waals surface area contributed by atoms with Crippen LogP contribution < -0.4 is 11.5 Å². The van der Waals surface area contributed by atoms with Gasteiger partial charge in [0.1, 0.15) is 5.82 Å². The van der Waals surface area contributed by atoms with Gasteiger partial charge in [0.2, 0.25) is 5.95 Å². The summed E-state index contributed by atoms with van der Waals surface area (Å²) < 4.78 is 2.06. The summed E-state index contributed by atoms with van der Waals surface area (Å²) in [6, 6.07) is 8.02. The summed E-state index contributed by atoms with van der Waals surface area (Å²) in [5.74, 6) is 0.683. The van der Waals surface area contributed by atoms with E-state index in [4.69, 9.17) is 11.5 Å². The number of hydrogen-bond acceptors (Lipinski definition) is 5. The molecule has 0 aliphatic heterocycles. The van der Waals surface area contributed by atoms with E-state index in [2.05, 4.69) is 9.97 Å². The first-order chi connectivity index (χ1) is 7.25. The van der Waals surface area contributed by atoms with Crippen LogP contribution in [-0.2, 0) is 0 Å². The quantitative estimate of drug-likeness (QED) is 0.602. The highest BCUT2D eigenvalue weighted by Gasteiger charge is 2.09. The van der Waals surface area contributed by atoms with E-state index in [1.165, 1.54) is 0 Å². The molecule has 0 bridgehead atoms. The highest BCUT2D eigenvalue weighted by molar-refractivity contribution is 7.26. The Labute approximate surface area is 89.6 Å². The molecule has 0 spiro atoms. The summed E-state index contributed by atoms with van der Waals surface area (Å²) in [6.45, 7) is 0. The van der Waals surface area contributed by atoms with Crippen LogP contribution >= 0.6 is 11.3 Å². The fourth-order valence-electron chi connectivity index (χ4n) is 1.63. The van der Waals surface area contributed by atoms with Gasteiger partial charge in [0.25, 0.3) is 0 Å². The highest BCUT2D eigenvalue weighted by Crippen LogP contribution is 2.35. The predicted octanol–water partition coefficient (Wildman–Crippen LogP) is 2.01. The lowest BCUT2D eigenvalue weighted by Crippen LogP contribution is -1.98. The summed E-state index contributed by atoms with van der Waals surface area (Å²) in [4.78, 5) is 8.17. The SMILES string of the molecule is Nc1nc(N)c2sc3ccccc3c2n1. The second kappa shape index (κ2) is 2.80. The number of nitrogen functional groups attached to an aromatic ring is 2. The lowest BCUT2D eigenvalue weighted by molar-refractivity contribution is 1.26. The number of hydrogen-bond donors (Lipinski definition) is 2. The highest BCUT2D eigenvalue weighted by atomic mass is 32.1. The van der Waals surface area contributed by atoms with Crippen LogP contribution in [0, 0.1) is 0 Å². The summed E-state index contributed by atoms with van der Waals surface area (Å²) in [7, 11) is 0. The van der Waals surface area contributed by atoms with E-state index < -0.39 is 0 Å². The maximum Gasteiger partial charge on any atom is 0.222 e. The van der Waals surface area contributed by atoms with E-state index in [1.807, 2.05) is 24.3 Å². The number of fused-ring (bicyclic) bond motifs is 3. The minimum Gasteiger partial charge on any atom is -0.382 e. The fraction of sp³-hybridized carbons (Fsp3) is 0. The molecule has 1 aromatic carbocycles. The van der Waals surface area contributed by atoms with E-state index in [-0.39, 0.29) is 5.95 Å². The van der Waals surface area contributed by atoms with E-state index >= 15 is 0 Å². The number of anilines is 2. The van der Waals surface area contributed by atoms with Crippen molar-refractivity contribution >= 4 is 43.4 Å². The molecule has 15 heavy (non-hydrogen) atoms. The van der Waals surface area contributed by atoms with E-state index in [0.717, 1.165) is 20.3 Å². The third kappa shape index (κ3) is 1.13. The largest absolute Gasteiger partial charge is 0.382 e. The molecule has 0 saturated heterocycles. The molecule has 74 valence electrons. The third-order valence-corrected chi connectivity index (χ3v) is 3.45. The Balaban J connectivity index is 2.61. The van der Waals surface area contributed by atoms with Crippen LogP contribution in [0.25, 0.3) is 20.3 Å². The van der Waals surface area contributed by atoms with Crippen LogP contribution in [0.15, 0.2) is 24.3 Å². The first-order valence-electron chi connectivity index (χ1n) is 4.46. The van der Waals surface area contributed by atoms with Crippen molar-refractivity contribution in [1.29, 1.82) is 0 Å². The first kappa shape index (κ1) is 8.43. The van der Waals surface area contributed by atoms with Crippen LogP contribution in [0.1, 0.15) is 0 Å². The van der Waals surface area contributed by atoms with E-state index in [9.17, 15) is 0 Å². The molecule has 0 aliphatic rings. The molecule has 2 aromatic heterocycles. The standard InChI is InChI=1S/C10H8N4S/c11-9-8-7(13-10(12)14-9)5-3-1-2-4-6(5)15-8/h1-4H,(H4,11,12,13,14). The first-order valence-corrected chi connectivity index (χ1v) is 5.27. The molecule has 0 unspecified atom stereocenters. The smallest absolute Gasteiger partial charge is 0.222 e. The second-order valence-corrected chi connectivity index (χ2v) is 4.30. The topological polar surface area (TPSA) is 77.8 Å². The number of nitrogens with zero attached hydrogens (tertiary/aromatic N) is 2. The Morgan fingerprint density at radius 3 is 2.73 bits per heavy atom. The Morgan fingerprint density at radius 2 is 1.87 bits per heavy atom. The van der Waals surface area contributed by atoms with Crippen LogP contribution in [0.3, 0.4) is 0 Å². The molecule has 4 N–H and O–H groups in total. The molecule has 5 heteroatoms. The van der Waals surface area contributed by atoms with Crippen molar-refractivity contribution in [1.82, 2.24) is 9.97 Å². The average molecular weight is 216 g/mol.